The number of ether oxygens (including phenoxy) is 1. The van der Waals surface area contributed by atoms with Crippen molar-refractivity contribution >= 4 is 16.9 Å². The van der Waals surface area contributed by atoms with E-state index in [1.165, 1.54) is 6.07 Å². The highest BCUT2D eigenvalue weighted by atomic mass is 16.5. The highest BCUT2D eigenvalue weighted by Gasteiger charge is 2.31. The van der Waals surface area contributed by atoms with Gasteiger partial charge in [0.2, 0.25) is 0 Å². The fourth-order valence-corrected chi connectivity index (χ4v) is 1.62. The van der Waals surface area contributed by atoms with Gasteiger partial charge in [0, 0.05) is 17.5 Å². The molecule has 1 aromatic carbocycles. The maximum Gasteiger partial charge on any atom is 0.336 e. The molecule has 17 heavy (non-hydrogen) atoms. The monoisotopic (exact) mass is 230 g/mol. The smallest absolute Gasteiger partial charge is 0.336 e. The zero-order chi connectivity index (χ0) is 11.8. The van der Waals surface area contributed by atoms with E-state index in [1.54, 1.807) is 24.3 Å². The minimum atomic E-state index is -0.414. The summed E-state index contributed by atoms with van der Waals surface area (Å²) in [6, 6.07) is 8.05. The van der Waals surface area contributed by atoms with Crippen molar-refractivity contribution < 1.29 is 13.9 Å². The van der Waals surface area contributed by atoms with Crippen molar-refractivity contribution in [1.82, 2.24) is 0 Å². The second-order valence-electron chi connectivity index (χ2n) is 4.15. The summed E-state index contributed by atoms with van der Waals surface area (Å²) in [6.07, 6.45) is 1.81. The SMILES string of the molecule is O=C(Oc1ccc2ccc(=O)oc2c1)C1CC1. The second-order valence-corrected chi connectivity index (χ2v) is 4.15. The standard InChI is InChI=1S/C13H10O4/c14-12-6-4-8-3-5-10(7-11(8)17-12)16-13(15)9-1-2-9/h3-7,9H,1-2H2. The summed E-state index contributed by atoms with van der Waals surface area (Å²) in [5, 5.41) is 0.802. The molecule has 2 aromatic rings. The molecule has 0 bridgehead atoms. The average molecular weight is 230 g/mol. The molecule has 1 aliphatic carbocycles. The van der Waals surface area contributed by atoms with Gasteiger partial charge in [-0.25, -0.2) is 4.79 Å². The number of hydrogen-bond donors (Lipinski definition) is 0. The lowest BCUT2D eigenvalue weighted by molar-refractivity contribution is -0.135. The maximum atomic E-state index is 11.5. The Hall–Kier alpha value is -2.10. The molecule has 0 spiro atoms. The lowest BCUT2D eigenvalue weighted by Gasteiger charge is -2.03. The van der Waals surface area contributed by atoms with Crippen molar-refractivity contribution in [1.29, 1.82) is 0 Å². The van der Waals surface area contributed by atoms with E-state index in [2.05, 4.69) is 0 Å². The number of carbonyl (C=O) groups is 1. The van der Waals surface area contributed by atoms with E-state index in [4.69, 9.17) is 9.15 Å². The highest BCUT2D eigenvalue weighted by Crippen LogP contribution is 2.31. The van der Waals surface area contributed by atoms with Crippen molar-refractivity contribution in [3.63, 3.8) is 0 Å². The number of fused-ring (bicyclic) bond motifs is 1. The van der Waals surface area contributed by atoms with Crippen molar-refractivity contribution in [2.45, 2.75) is 12.8 Å². The van der Waals surface area contributed by atoms with Gasteiger partial charge in [0.25, 0.3) is 0 Å². The largest absolute Gasteiger partial charge is 0.426 e. The molecule has 0 aliphatic heterocycles. The highest BCUT2D eigenvalue weighted by molar-refractivity contribution is 5.81. The third kappa shape index (κ3) is 2.06. The molecule has 1 saturated carbocycles. The number of rotatable bonds is 2. The van der Waals surface area contributed by atoms with Gasteiger partial charge in [0.1, 0.15) is 11.3 Å². The molecule has 1 heterocycles. The summed E-state index contributed by atoms with van der Waals surface area (Å²) in [6.45, 7) is 0. The third-order valence-corrected chi connectivity index (χ3v) is 2.72. The van der Waals surface area contributed by atoms with E-state index in [9.17, 15) is 9.59 Å². The van der Waals surface area contributed by atoms with Crippen LogP contribution in [0.25, 0.3) is 11.0 Å². The van der Waals surface area contributed by atoms with Crippen molar-refractivity contribution in [2.75, 3.05) is 0 Å². The quantitative estimate of drug-likeness (QED) is 0.450. The van der Waals surface area contributed by atoms with E-state index in [0.717, 1.165) is 18.2 Å². The molecule has 0 atom stereocenters. The van der Waals surface area contributed by atoms with Gasteiger partial charge in [0.15, 0.2) is 0 Å². The zero-order valence-corrected chi connectivity index (χ0v) is 9.01. The normalized spacial score (nSPS) is 14.8. The Labute approximate surface area is 96.8 Å². The van der Waals surface area contributed by atoms with Crippen LogP contribution in [-0.4, -0.2) is 5.97 Å². The molecule has 4 nitrogen and oxygen atoms in total. The molecule has 0 radical (unpaired) electrons. The lowest BCUT2D eigenvalue weighted by Crippen LogP contribution is -2.09. The van der Waals surface area contributed by atoms with E-state index in [0.29, 0.717) is 11.3 Å². The second kappa shape index (κ2) is 3.73. The molecule has 0 saturated heterocycles. The molecule has 0 unspecified atom stereocenters. The van der Waals surface area contributed by atoms with E-state index >= 15 is 0 Å². The number of benzene rings is 1. The topological polar surface area (TPSA) is 56.5 Å². The van der Waals surface area contributed by atoms with Crippen LogP contribution in [-0.2, 0) is 4.79 Å². The summed E-state index contributed by atoms with van der Waals surface area (Å²) in [5.74, 6) is 0.264. The van der Waals surface area contributed by atoms with Crippen molar-refractivity contribution in [2.24, 2.45) is 5.92 Å². The summed E-state index contributed by atoms with van der Waals surface area (Å²) in [5.41, 5.74) is 0.0155. The molecule has 86 valence electrons. The van der Waals surface area contributed by atoms with Gasteiger partial charge in [0.05, 0.1) is 5.92 Å². The molecular weight excluding hydrogens is 220 g/mol. The molecule has 1 aliphatic rings. The van der Waals surface area contributed by atoms with Gasteiger partial charge >= 0.3 is 11.6 Å². The van der Waals surface area contributed by atoms with Gasteiger partial charge in [-0.2, -0.15) is 0 Å². The lowest BCUT2D eigenvalue weighted by atomic mass is 10.2. The fourth-order valence-electron chi connectivity index (χ4n) is 1.62. The number of hydrogen-bond acceptors (Lipinski definition) is 4. The third-order valence-electron chi connectivity index (χ3n) is 2.72. The molecular formula is C13H10O4. The van der Waals surface area contributed by atoms with Gasteiger partial charge in [-0.3, -0.25) is 4.79 Å². The van der Waals surface area contributed by atoms with Crippen LogP contribution in [0, 0.1) is 5.92 Å². The van der Waals surface area contributed by atoms with Crippen molar-refractivity contribution in [3.8, 4) is 5.75 Å². The summed E-state index contributed by atoms with van der Waals surface area (Å²) < 4.78 is 10.2. The van der Waals surface area contributed by atoms with Crippen LogP contribution in [0.5, 0.6) is 5.75 Å². The Kier molecular flexibility index (Phi) is 2.21. The minimum absolute atomic E-state index is 0.0495. The Morgan fingerprint density at radius 3 is 2.76 bits per heavy atom. The molecule has 0 N–H and O–H groups in total. The number of carbonyl (C=O) groups excluding carboxylic acids is 1. The fraction of sp³-hybridized carbons (Fsp3) is 0.231. The first-order valence-corrected chi connectivity index (χ1v) is 5.48. The van der Waals surface area contributed by atoms with Gasteiger partial charge in [-0.1, -0.05) is 0 Å². The van der Waals surface area contributed by atoms with Crippen LogP contribution in [0.4, 0.5) is 0 Å². The van der Waals surface area contributed by atoms with E-state index < -0.39 is 5.63 Å². The summed E-state index contributed by atoms with van der Waals surface area (Å²) >= 11 is 0. The van der Waals surface area contributed by atoms with Crippen LogP contribution < -0.4 is 10.4 Å². The average Bonchev–Trinajstić information content (AvgIpc) is 3.12. The van der Waals surface area contributed by atoms with Gasteiger partial charge < -0.3 is 9.15 Å². The predicted molar refractivity (Wildman–Crippen MR) is 60.8 cm³/mol. The first kappa shape index (κ1) is 10.1. The number of esters is 1. The maximum absolute atomic E-state index is 11.5. The molecule has 0 amide bonds. The van der Waals surface area contributed by atoms with Crippen molar-refractivity contribution in [3.05, 3.63) is 40.8 Å². The predicted octanol–water partition coefficient (Wildman–Crippen LogP) is 2.11. The van der Waals surface area contributed by atoms with Crippen LogP contribution in [0.15, 0.2) is 39.5 Å². The molecule has 1 aromatic heterocycles. The minimum Gasteiger partial charge on any atom is -0.426 e. The van der Waals surface area contributed by atoms with Crippen LogP contribution in [0.2, 0.25) is 0 Å². The van der Waals surface area contributed by atoms with Crippen LogP contribution in [0.3, 0.4) is 0 Å². The Balaban J connectivity index is 1.94. The first-order chi connectivity index (χ1) is 8.22. The Bertz CT molecular complexity index is 637. The first-order valence-electron chi connectivity index (χ1n) is 5.48. The van der Waals surface area contributed by atoms with E-state index in [1.807, 2.05) is 0 Å². The summed E-state index contributed by atoms with van der Waals surface area (Å²) in [7, 11) is 0. The molecule has 4 heteroatoms. The van der Waals surface area contributed by atoms with E-state index in [-0.39, 0.29) is 11.9 Å². The molecule has 1 fully saturated rings. The van der Waals surface area contributed by atoms with Crippen LogP contribution >= 0.6 is 0 Å². The summed E-state index contributed by atoms with van der Waals surface area (Å²) in [4.78, 5) is 22.5. The van der Waals surface area contributed by atoms with Gasteiger partial charge in [-0.05, 0) is 31.0 Å². The Morgan fingerprint density at radius 2 is 2.00 bits per heavy atom. The van der Waals surface area contributed by atoms with Crippen LogP contribution in [0.1, 0.15) is 12.8 Å². The zero-order valence-electron chi connectivity index (χ0n) is 9.01. The Morgan fingerprint density at radius 1 is 1.24 bits per heavy atom. The molecule has 3 rings (SSSR count). The van der Waals surface area contributed by atoms with Gasteiger partial charge in [-0.15, -0.1) is 0 Å².